The number of aliphatic carboxylic acids is 1. The standard InChI is InChI=1S/C11H18N5O7P/c1-6(11(18)19)15-24(20,21)22-4-7-2-3-8(23-7)16-5-13-10(14-16)9(12)17/h5-8H,2-4H2,1H3,(H2,12,17)(H,18,19)(H2,15,20,21)/t6-,7-,8+/m0/s1. The van der Waals surface area contributed by atoms with Gasteiger partial charge in [-0.1, -0.05) is 0 Å². The van der Waals surface area contributed by atoms with Gasteiger partial charge in [-0.2, -0.15) is 0 Å². The molecule has 2 rings (SSSR count). The van der Waals surface area contributed by atoms with Gasteiger partial charge in [-0.15, -0.1) is 5.10 Å². The van der Waals surface area contributed by atoms with Gasteiger partial charge in [-0.05, 0) is 19.8 Å². The summed E-state index contributed by atoms with van der Waals surface area (Å²) in [5.74, 6) is -2.17. The molecule has 0 saturated carbocycles. The van der Waals surface area contributed by atoms with Crippen molar-refractivity contribution >= 4 is 19.6 Å². The first-order chi connectivity index (χ1) is 11.2. The Hall–Kier alpha value is -1.85. The summed E-state index contributed by atoms with van der Waals surface area (Å²) in [5, 5.41) is 14.6. The van der Waals surface area contributed by atoms with Gasteiger partial charge in [-0.25, -0.2) is 19.3 Å². The Labute approximate surface area is 136 Å². The van der Waals surface area contributed by atoms with Crippen LogP contribution < -0.4 is 10.8 Å². The molecule has 1 unspecified atom stereocenters. The van der Waals surface area contributed by atoms with E-state index < -0.39 is 38.0 Å². The van der Waals surface area contributed by atoms with Crippen LogP contribution in [0.3, 0.4) is 0 Å². The first kappa shape index (κ1) is 18.5. The van der Waals surface area contributed by atoms with Crippen LogP contribution in [-0.2, 0) is 18.6 Å². The molecule has 1 aliphatic heterocycles. The number of carboxylic acids is 1. The van der Waals surface area contributed by atoms with Gasteiger partial charge in [0.15, 0.2) is 6.23 Å². The summed E-state index contributed by atoms with van der Waals surface area (Å²) in [7, 11) is -4.26. The molecule has 1 amide bonds. The van der Waals surface area contributed by atoms with Gasteiger partial charge in [0.05, 0.1) is 12.7 Å². The fraction of sp³-hybridized carbons (Fsp3) is 0.636. The second-order valence-electron chi connectivity index (χ2n) is 5.21. The minimum atomic E-state index is -4.26. The average Bonchev–Trinajstić information content (AvgIpc) is 3.13. The van der Waals surface area contributed by atoms with Gasteiger partial charge >= 0.3 is 13.7 Å². The lowest BCUT2D eigenvalue weighted by Gasteiger charge is -2.18. The number of hydrogen-bond acceptors (Lipinski definition) is 7. The van der Waals surface area contributed by atoms with E-state index in [-0.39, 0.29) is 12.4 Å². The van der Waals surface area contributed by atoms with E-state index in [1.54, 1.807) is 0 Å². The summed E-state index contributed by atoms with van der Waals surface area (Å²) in [6, 6.07) is -1.24. The van der Waals surface area contributed by atoms with E-state index in [2.05, 4.69) is 10.1 Å². The number of ether oxygens (including phenoxy) is 1. The third-order valence-corrected chi connectivity index (χ3v) is 4.48. The molecule has 1 aromatic heterocycles. The maximum absolute atomic E-state index is 11.7. The predicted molar refractivity (Wildman–Crippen MR) is 77.7 cm³/mol. The first-order valence-corrected chi connectivity index (χ1v) is 8.60. The summed E-state index contributed by atoms with van der Waals surface area (Å²) in [5.41, 5.74) is 5.06. The molecule has 1 aromatic rings. The SMILES string of the molecule is C[C@H](NP(=O)(O)OC[C@@H]1CC[C@H](n2cnc(C(N)=O)n2)O1)C(=O)O. The molecule has 0 radical (unpaired) electrons. The van der Waals surface area contributed by atoms with E-state index in [4.69, 9.17) is 20.1 Å². The highest BCUT2D eigenvalue weighted by atomic mass is 31.2. The van der Waals surface area contributed by atoms with Crippen LogP contribution in [0.25, 0.3) is 0 Å². The second kappa shape index (κ2) is 7.36. The van der Waals surface area contributed by atoms with E-state index in [9.17, 15) is 19.0 Å². The number of rotatable bonds is 8. The molecule has 134 valence electrons. The Kier molecular flexibility index (Phi) is 5.67. The number of amides is 1. The van der Waals surface area contributed by atoms with Gasteiger partial charge < -0.3 is 20.5 Å². The lowest BCUT2D eigenvalue weighted by molar-refractivity contribution is -0.138. The molecule has 4 atom stereocenters. The first-order valence-electron chi connectivity index (χ1n) is 7.02. The highest BCUT2D eigenvalue weighted by Gasteiger charge is 2.32. The van der Waals surface area contributed by atoms with Crippen LogP contribution in [0.1, 0.15) is 36.6 Å². The molecular weight excluding hydrogens is 345 g/mol. The molecule has 0 spiro atoms. The molecule has 2 heterocycles. The van der Waals surface area contributed by atoms with E-state index in [0.717, 1.165) is 0 Å². The van der Waals surface area contributed by atoms with Crippen LogP contribution >= 0.6 is 7.75 Å². The summed E-state index contributed by atoms with van der Waals surface area (Å²) >= 11 is 0. The summed E-state index contributed by atoms with van der Waals surface area (Å²) in [4.78, 5) is 34.9. The lowest BCUT2D eigenvalue weighted by atomic mass is 10.2. The van der Waals surface area contributed by atoms with Crippen LogP contribution in [-0.4, -0.2) is 55.4 Å². The summed E-state index contributed by atoms with van der Waals surface area (Å²) in [6.07, 6.45) is 1.37. The zero-order valence-corrected chi connectivity index (χ0v) is 13.6. The predicted octanol–water partition coefficient (Wildman–Crippen LogP) is -0.766. The van der Waals surface area contributed by atoms with Gasteiger partial charge in [0.25, 0.3) is 5.91 Å². The van der Waals surface area contributed by atoms with Crippen molar-refractivity contribution in [2.24, 2.45) is 5.73 Å². The Bertz CT molecular complexity index is 665. The van der Waals surface area contributed by atoms with E-state index in [0.29, 0.717) is 12.8 Å². The topological polar surface area (TPSA) is 179 Å². The largest absolute Gasteiger partial charge is 0.480 e. The molecule has 0 bridgehead atoms. The monoisotopic (exact) mass is 363 g/mol. The van der Waals surface area contributed by atoms with Crippen molar-refractivity contribution in [2.75, 3.05) is 6.61 Å². The Morgan fingerprint density at radius 3 is 2.92 bits per heavy atom. The molecular formula is C11H18N5O7P. The molecule has 12 nitrogen and oxygen atoms in total. The number of aromatic nitrogens is 3. The van der Waals surface area contributed by atoms with Crippen molar-refractivity contribution in [3.8, 4) is 0 Å². The lowest BCUT2D eigenvalue weighted by Crippen LogP contribution is -2.32. The zero-order chi connectivity index (χ0) is 17.9. The average molecular weight is 363 g/mol. The Morgan fingerprint density at radius 1 is 1.62 bits per heavy atom. The van der Waals surface area contributed by atoms with Gasteiger partial charge in [0.1, 0.15) is 12.4 Å². The van der Waals surface area contributed by atoms with Crippen molar-refractivity contribution in [3.63, 3.8) is 0 Å². The molecule has 1 aliphatic rings. The number of hydrogen-bond donors (Lipinski definition) is 4. The number of nitrogens with zero attached hydrogens (tertiary/aromatic N) is 3. The molecule has 1 fully saturated rings. The number of carbonyl (C=O) groups is 2. The van der Waals surface area contributed by atoms with E-state index >= 15 is 0 Å². The van der Waals surface area contributed by atoms with Crippen LogP contribution in [0, 0.1) is 0 Å². The maximum Gasteiger partial charge on any atom is 0.403 e. The maximum atomic E-state index is 11.7. The number of carboxylic acid groups (broad SMARTS) is 1. The second-order valence-corrected chi connectivity index (χ2v) is 6.76. The van der Waals surface area contributed by atoms with Crippen LogP contribution in [0.5, 0.6) is 0 Å². The molecule has 5 N–H and O–H groups in total. The van der Waals surface area contributed by atoms with Gasteiger partial charge in [0, 0.05) is 0 Å². The van der Waals surface area contributed by atoms with Crippen LogP contribution in [0.2, 0.25) is 0 Å². The van der Waals surface area contributed by atoms with Crippen molar-refractivity contribution in [3.05, 3.63) is 12.2 Å². The molecule has 0 aliphatic carbocycles. The molecule has 24 heavy (non-hydrogen) atoms. The number of nitrogens with one attached hydrogen (secondary N) is 1. The third-order valence-electron chi connectivity index (χ3n) is 3.27. The van der Waals surface area contributed by atoms with Crippen LogP contribution in [0.4, 0.5) is 0 Å². The van der Waals surface area contributed by atoms with Crippen molar-refractivity contribution in [2.45, 2.75) is 38.1 Å². The fourth-order valence-electron chi connectivity index (χ4n) is 2.05. The quantitative estimate of drug-likeness (QED) is 0.429. The van der Waals surface area contributed by atoms with Crippen molar-refractivity contribution < 1.29 is 33.4 Å². The van der Waals surface area contributed by atoms with Crippen LogP contribution in [0.15, 0.2) is 6.33 Å². The third kappa shape index (κ3) is 4.82. The van der Waals surface area contributed by atoms with Crippen molar-refractivity contribution in [1.29, 1.82) is 0 Å². The smallest absolute Gasteiger partial charge is 0.403 e. The van der Waals surface area contributed by atoms with Gasteiger partial charge in [-0.3, -0.25) is 14.1 Å². The van der Waals surface area contributed by atoms with Crippen molar-refractivity contribution in [1.82, 2.24) is 19.9 Å². The van der Waals surface area contributed by atoms with Gasteiger partial charge in [0.2, 0.25) is 5.82 Å². The number of carbonyl (C=O) groups excluding carboxylic acids is 1. The molecule has 13 heteroatoms. The summed E-state index contributed by atoms with van der Waals surface area (Å²) in [6.45, 7) is 1.01. The fourth-order valence-corrected chi connectivity index (χ4v) is 3.09. The number of nitrogens with two attached hydrogens (primary N) is 1. The van der Waals surface area contributed by atoms with E-state index in [1.807, 2.05) is 5.09 Å². The Balaban J connectivity index is 1.84. The number of primary amides is 1. The highest BCUT2D eigenvalue weighted by molar-refractivity contribution is 7.50. The summed E-state index contributed by atoms with van der Waals surface area (Å²) < 4.78 is 23.5. The Morgan fingerprint density at radius 2 is 2.33 bits per heavy atom. The minimum absolute atomic E-state index is 0.134. The normalized spacial score (nSPS) is 24.4. The highest BCUT2D eigenvalue weighted by Crippen LogP contribution is 2.39. The molecule has 0 aromatic carbocycles. The molecule has 1 saturated heterocycles. The zero-order valence-electron chi connectivity index (χ0n) is 12.7. The van der Waals surface area contributed by atoms with E-state index in [1.165, 1.54) is 17.9 Å². The minimum Gasteiger partial charge on any atom is -0.480 e.